The van der Waals surface area contributed by atoms with E-state index in [1.54, 1.807) is 6.20 Å². The Hall–Kier alpha value is -3.15. The number of nitrogens with zero attached hydrogens (tertiary/aromatic N) is 3. The Kier molecular flexibility index (Phi) is 5.41. The zero-order valence-electron chi connectivity index (χ0n) is 14.3. The summed E-state index contributed by atoms with van der Waals surface area (Å²) in [5.74, 6) is 2.74. The summed E-state index contributed by atoms with van der Waals surface area (Å²) in [5, 5.41) is 14.4. The van der Waals surface area contributed by atoms with Crippen molar-refractivity contribution in [3.8, 4) is 11.5 Å². The minimum Gasteiger partial charge on any atom is -0.457 e. The van der Waals surface area contributed by atoms with Crippen molar-refractivity contribution in [2.75, 3.05) is 10.6 Å². The Labute approximate surface area is 147 Å². The van der Waals surface area contributed by atoms with E-state index in [1.165, 1.54) is 0 Å². The van der Waals surface area contributed by atoms with Gasteiger partial charge in [-0.05, 0) is 49.7 Å². The van der Waals surface area contributed by atoms with Crippen LogP contribution in [0.25, 0.3) is 0 Å². The van der Waals surface area contributed by atoms with Crippen molar-refractivity contribution in [1.29, 1.82) is 0 Å². The fraction of sp³-hybridized carbons (Fsp3) is 0.211. The number of anilines is 3. The molecule has 3 rings (SSSR count). The molecule has 0 radical (unpaired) electrons. The molecule has 1 heterocycles. The Bertz CT molecular complexity index is 792. The monoisotopic (exact) mass is 335 g/mol. The lowest BCUT2D eigenvalue weighted by Gasteiger charge is -2.12. The molecule has 3 aromatic rings. The predicted molar refractivity (Wildman–Crippen MR) is 99.4 cm³/mol. The third-order valence-electron chi connectivity index (χ3n) is 3.65. The lowest BCUT2D eigenvalue weighted by atomic mass is 10.3. The highest BCUT2D eigenvalue weighted by molar-refractivity contribution is 5.57. The van der Waals surface area contributed by atoms with E-state index in [0.29, 0.717) is 17.8 Å². The first-order valence-corrected chi connectivity index (χ1v) is 8.29. The average Bonchev–Trinajstić information content (AvgIpc) is 2.64. The quantitative estimate of drug-likeness (QED) is 0.656. The Morgan fingerprint density at radius 1 is 1.00 bits per heavy atom. The van der Waals surface area contributed by atoms with Crippen LogP contribution in [0, 0.1) is 0 Å². The van der Waals surface area contributed by atoms with Gasteiger partial charge < -0.3 is 15.4 Å². The maximum Gasteiger partial charge on any atom is 0.244 e. The van der Waals surface area contributed by atoms with Gasteiger partial charge in [-0.1, -0.05) is 25.1 Å². The molecule has 2 aromatic carbocycles. The molecule has 0 amide bonds. The van der Waals surface area contributed by atoms with E-state index in [9.17, 15) is 0 Å². The van der Waals surface area contributed by atoms with Crippen LogP contribution >= 0.6 is 0 Å². The second kappa shape index (κ2) is 8.10. The van der Waals surface area contributed by atoms with Gasteiger partial charge in [0.2, 0.25) is 5.95 Å². The number of benzene rings is 2. The lowest BCUT2D eigenvalue weighted by Crippen LogP contribution is -2.16. The molecule has 0 aliphatic rings. The number of para-hydroxylation sites is 1. The van der Waals surface area contributed by atoms with E-state index in [2.05, 4.69) is 39.7 Å². The zero-order chi connectivity index (χ0) is 17.5. The minimum atomic E-state index is 0.298. The first-order chi connectivity index (χ1) is 12.2. The Morgan fingerprint density at radius 3 is 2.44 bits per heavy atom. The summed E-state index contributed by atoms with van der Waals surface area (Å²) < 4.78 is 5.78. The number of nitrogens with one attached hydrogen (secondary N) is 2. The molecule has 1 aromatic heterocycles. The van der Waals surface area contributed by atoms with Crippen LogP contribution in [0.15, 0.2) is 60.8 Å². The summed E-state index contributed by atoms with van der Waals surface area (Å²) in [6.07, 6.45) is 2.58. The summed E-state index contributed by atoms with van der Waals surface area (Å²) in [6, 6.07) is 17.7. The summed E-state index contributed by atoms with van der Waals surface area (Å²) in [7, 11) is 0. The molecule has 25 heavy (non-hydrogen) atoms. The largest absolute Gasteiger partial charge is 0.457 e. The minimum absolute atomic E-state index is 0.298. The van der Waals surface area contributed by atoms with Gasteiger partial charge in [0.1, 0.15) is 11.5 Å². The van der Waals surface area contributed by atoms with Gasteiger partial charge in [0.25, 0.3) is 0 Å². The summed E-state index contributed by atoms with van der Waals surface area (Å²) in [5.41, 5.74) is 0.899. The molecule has 0 saturated carbocycles. The maximum absolute atomic E-state index is 5.78. The topological polar surface area (TPSA) is 72.0 Å². The third-order valence-corrected chi connectivity index (χ3v) is 3.65. The van der Waals surface area contributed by atoms with Crippen molar-refractivity contribution in [2.24, 2.45) is 0 Å². The molecule has 0 fully saturated rings. The highest BCUT2D eigenvalue weighted by Gasteiger charge is 2.04. The van der Waals surface area contributed by atoms with Gasteiger partial charge in [0.05, 0.1) is 6.20 Å². The predicted octanol–water partition coefficient (Wildman–Crippen LogP) is 4.62. The van der Waals surface area contributed by atoms with Crippen LogP contribution in [-0.2, 0) is 0 Å². The third kappa shape index (κ3) is 4.91. The van der Waals surface area contributed by atoms with Crippen LogP contribution in [0.2, 0.25) is 0 Å². The molecule has 6 heteroatoms. The lowest BCUT2D eigenvalue weighted by molar-refractivity contribution is 0.483. The second-order valence-corrected chi connectivity index (χ2v) is 5.68. The summed E-state index contributed by atoms with van der Waals surface area (Å²) in [6.45, 7) is 4.18. The zero-order valence-corrected chi connectivity index (χ0v) is 14.3. The highest BCUT2D eigenvalue weighted by atomic mass is 16.5. The molecule has 0 aliphatic heterocycles. The average molecular weight is 335 g/mol. The SMILES string of the molecule is CCC(C)Nc1nncc(Nc2ccc(Oc3ccccc3)cc2)n1. The molecule has 0 aliphatic carbocycles. The first kappa shape index (κ1) is 16.7. The molecule has 0 bridgehead atoms. The van der Waals surface area contributed by atoms with Crippen molar-refractivity contribution >= 4 is 17.5 Å². The van der Waals surface area contributed by atoms with Crippen molar-refractivity contribution in [3.63, 3.8) is 0 Å². The molecule has 2 N–H and O–H groups in total. The van der Waals surface area contributed by atoms with E-state index in [-0.39, 0.29) is 0 Å². The van der Waals surface area contributed by atoms with Crippen molar-refractivity contribution in [1.82, 2.24) is 15.2 Å². The van der Waals surface area contributed by atoms with Crippen LogP contribution in [-0.4, -0.2) is 21.2 Å². The van der Waals surface area contributed by atoms with E-state index in [4.69, 9.17) is 4.74 Å². The molecule has 1 unspecified atom stereocenters. The number of hydrogen-bond acceptors (Lipinski definition) is 6. The van der Waals surface area contributed by atoms with Gasteiger partial charge in [-0.2, -0.15) is 10.1 Å². The van der Waals surface area contributed by atoms with E-state index >= 15 is 0 Å². The summed E-state index contributed by atoms with van der Waals surface area (Å²) >= 11 is 0. The van der Waals surface area contributed by atoms with Crippen LogP contribution < -0.4 is 15.4 Å². The number of ether oxygens (including phenoxy) is 1. The highest BCUT2D eigenvalue weighted by Crippen LogP contribution is 2.23. The van der Waals surface area contributed by atoms with Crippen molar-refractivity contribution in [3.05, 3.63) is 60.8 Å². The number of aromatic nitrogens is 3. The second-order valence-electron chi connectivity index (χ2n) is 5.68. The number of hydrogen-bond donors (Lipinski definition) is 2. The molecule has 1 atom stereocenters. The van der Waals surface area contributed by atoms with Gasteiger partial charge in [0.15, 0.2) is 5.82 Å². The fourth-order valence-electron chi connectivity index (χ4n) is 2.13. The van der Waals surface area contributed by atoms with Crippen molar-refractivity contribution in [2.45, 2.75) is 26.3 Å². The van der Waals surface area contributed by atoms with Crippen LogP contribution in [0.4, 0.5) is 17.5 Å². The molecule has 128 valence electrons. The van der Waals surface area contributed by atoms with Crippen LogP contribution in [0.3, 0.4) is 0 Å². The molecular weight excluding hydrogens is 314 g/mol. The standard InChI is InChI=1S/C19H21N5O/c1-3-14(2)21-19-23-18(13-20-24-19)22-15-9-11-17(12-10-15)25-16-7-5-4-6-8-16/h4-14H,3H2,1-2H3,(H2,21,22,23,24). The maximum atomic E-state index is 5.78. The van der Waals surface area contributed by atoms with Crippen LogP contribution in [0.1, 0.15) is 20.3 Å². The van der Waals surface area contributed by atoms with Crippen LogP contribution in [0.5, 0.6) is 11.5 Å². The van der Waals surface area contributed by atoms with E-state index in [1.807, 2.05) is 54.6 Å². The molecule has 6 nitrogen and oxygen atoms in total. The smallest absolute Gasteiger partial charge is 0.244 e. The van der Waals surface area contributed by atoms with Gasteiger partial charge in [-0.3, -0.25) is 0 Å². The van der Waals surface area contributed by atoms with E-state index in [0.717, 1.165) is 23.6 Å². The fourth-order valence-corrected chi connectivity index (χ4v) is 2.13. The van der Waals surface area contributed by atoms with E-state index < -0.39 is 0 Å². The Morgan fingerprint density at radius 2 is 1.72 bits per heavy atom. The molecule has 0 saturated heterocycles. The van der Waals surface area contributed by atoms with Gasteiger partial charge in [-0.25, -0.2) is 0 Å². The number of rotatable bonds is 7. The van der Waals surface area contributed by atoms with Gasteiger partial charge in [0, 0.05) is 11.7 Å². The molecule has 0 spiro atoms. The van der Waals surface area contributed by atoms with Gasteiger partial charge in [-0.15, -0.1) is 5.10 Å². The first-order valence-electron chi connectivity index (χ1n) is 8.29. The summed E-state index contributed by atoms with van der Waals surface area (Å²) in [4.78, 5) is 4.42. The molecular formula is C19H21N5O. The normalized spacial score (nSPS) is 11.6. The Balaban J connectivity index is 1.64. The van der Waals surface area contributed by atoms with Gasteiger partial charge >= 0.3 is 0 Å². The van der Waals surface area contributed by atoms with Crippen molar-refractivity contribution < 1.29 is 4.74 Å².